The predicted molar refractivity (Wildman–Crippen MR) is 53.3 cm³/mol. The lowest BCUT2D eigenvalue weighted by Crippen LogP contribution is -2.03. The number of aromatic amines is 1. The summed E-state index contributed by atoms with van der Waals surface area (Å²) in [5, 5.41) is 0. The van der Waals surface area contributed by atoms with Crippen molar-refractivity contribution >= 4 is 31.9 Å². The maximum atomic E-state index is 11.4. The van der Waals surface area contributed by atoms with Gasteiger partial charge in [-0.2, -0.15) is 0 Å². The van der Waals surface area contributed by atoms with Crippen LogP contribution in [0.25, 0.3) is 20.6 Å². The minimum atomic E-state index is -0.139. The predicted octanol–water partition coefficient (Wildman–Crippen LogP) is 0.928. The lowest BCUT2D eigenvalue weighted by Gasteiger charge is -1.86. The van der Waals surface area contributed by atoms with E-state index in [0.29, 0.717) is 15.7 Å². The van der Waals surface area contributed by atoms with Gasteiger partial charge in [0, 0.05) is 12.4 Å². The van der Waals surface area contributed by atoms with Crippen LogP contribution < -0.4 is 5.56 Å². The summed E-state index contributed by atoms with van der Waals surface area (Å²) in [6.45, 7) is 0. The quantitative estimate of drug-likeness (QED) is 0.591. The van der Waals surface area contributed by atoms with Crippen LogP contribution in [0.5, 0.6) is 0 Å². The molecule has 3 rings (SSSR count). The normalized spacial score (nSPS) is 11.1. The van der Waals surface area contributed by atoms with Crippen molar-refractivity contribution in [3.05, 3.63) is 29.1 Å². The molecular formula is C8H4N4OS. The van der Waals surface area contributed by atoms with Crippen molar-refractivity contribution in [2.75, 3.05) is 0 Å². The second-order valence-corrected chi connectivity index (χ2v) is 3.72. The van der Waals surface area contributed by atoms with Crippen LogP contribution in [0, 0.1) is 0 Å². The van der Waals surface area contributed by atoms with Crippen LogP contribution >= 0.6 is 11.3 Å². The molecule has 0 aromatic carbocycles. The molecule has 14 heavy (non-hydrogen) atoms. The second-order valence-electron chi connectivity index (χ2n) is 2.72. The number of hydrogen-bond donors (Lipinski definition) is 1. The molecular weight excluding hydrogens is 200 g/mol. The number of rotatable bonds is 0. The van der Waals surface area contributed by atoms with Crippen LogP contribution in [0.3, 0.4) is 0 Å². The van der Waals surface area contributed by atoms with E-state index in [2.05, 4.69) is 19.9 Å². The van der Waals surface area contributed by atoms with Crippen LogP contribution in [0.15, 0.2) is 23.5 Å². The van der Waals surface area contributed by atoms with Gasteiger partial charge in [-0.05, 0) is 0 Å². The van der Waals surface area contributed by atoms with Crippen molar-refractivity contribution in [3.63, 3.8) is 0 Å². The maximum absolute atomic E-state index is 11.4. The zero-order valence-electron chi connectivity index (χ0n) is 6.89. The van der Waals surface area contributed by atoms with E-state index in [9.17, 15) is 4.79 Å². The smallest absolute Gasteiger partial charge is 0.268 e. The summed E-state index contributed by atoms with van der Waals surface area (Å²) in [4.78, 5) is 27.0. The lowest BCUT2D eigenvalue weighted by atomic mass is 10.4. The van der Waals surface area contributed by atoms with Gasteiger partial charge in [0.25, 0.3) is 5.56 Å². The molecule has 0 atom stereocenters. The molecule has 3 heterocycles. The van der Waals surface area contributed by atoms with Crippen LogP contribution in [0.2, 0.25) is 0 Å². The minimum Gasteiger partial charge on any atom is -0.312 e. The molecule has 68 valence electrons. The number of nitrogens with zero attached hydrogens (tertiary/aromatic N) is 3. The molecule has 0 aliphatic heterocycles. The molecule has 3 aromatic rings. The van der Waals surface area contributed by atoms with Crippen molar-refractivity contribution in [1.82, 2.24) is 19.9 Å². The molecule has 3 aromatic heterocycles. The standard InChI is InChI=1S/C8H4N4OS/c13-7-6-4(11-3-12-7)5-8(14-6)10-2-1-9-5/h1-3H,(H,11,12,13). The Bertz CT molecular complexity index is 671. The van der Waals surface area contributed by atoms with E-state index in [1.165, 1.54) is 17.7 Å². The van der Waals surface area contributed by atoms with Gasteiger partial charge in [-0.25, -0.2) is 15.0 Å². The molecule has 5 nitrogen and oxygen atoms in total. The zero-order chi connectivity index (χ0) is 9.54. The molecule has 0 unspecified atom stereocenters. The highest BCUT2D eigenvalue weighted by Gasteiger charge is 2.09. The highest BCUT2D eigenvalue weighted by Crippen LogP contribution is 2.25. The third-order valence-electron chi connectivity index (χ3n) is 1.90. The number of aromatic nitrogens is 4. The van der Waals surface area contributed by atoms with Crippen molar-refractivity contribution in [2.45, 2.75) is 0 Å². The van der Waals surface area contributed by atoms with Gasteiger partial charge < -0.3 is 4.98 Å². The molecule has 1 N–H and O–H groups in total. The molecule has 0 radical (unpaired) electrons. The SMILES string of the molecule is O=c1[nH]cnc2c1sc1nccnc12. The molecule has 0 aliphatic rings. The van der Waals surface area contributed by atoms with Gasteiger partial charge in [-0.1, -0.05) is 0 Å². The molecule has 0 saturated carbocycles. The molecule has 0 amide bonds. The highest BCUT2D eigenvalue weighted by molar-refractivity contribution is 7.25. The fourth-order valence-corrected chi connectivity index (χ4v) is 2.26. The fraction of sp³-hybridized carbons (Fsp3) is 0. The Morgan fingerprint density at radius 3 is 2.93 bits per heavy atom. The highest BCUT2D eigenvalue weighted by atomic mass is 32.1. The van der Waals surface area contributed by atoms with Crippen LogP contribution in [-0.2, 0) is 0 Å². The van der Waals surface area contributed by atoms with E-state index >= 15 is 0 Å². The fourth-order valence-electron chi connectivity index (χ4n) is 1.31. The van der Waals surface area contributed by atoms with Crippen LogP contribution in [0.4, 0.5) is 0 Å². The Kier molecular flexibility index (Phi) is 1.40. The third-order valence-corrected chi connectivity index (χ3v) is 2.97. The van der Waals surface area contributed by atoms with E-state index in [0.717, 1.165) is 4.83 Å². The first-order valence-electron chi connectivity index (χ1n) is 3.93. The second kappa shape index (κ2) is 2.58. The summed E-state index contributed by atoms with van der Waals surface area (Å²) >= 11 is 1.31. The summed E-state index contributed by atoms with van der Waals surface area (Å²) < 4.78 is 0.578. The number of H-pyrrole nitrogens is 1. The Labute approximate surface area is 81.5 Å². The average molecular weight is 204 g/mol. The first-order chi connectivity index (χ1) is 6.86. The Morgan fingerprint density at radius 1 is 1.14 bits per heavy atom. The van der Waals surface area contributed by atoms with Gasteiger partial charge in [0.05, 0.1) is 6.33 Å². The lowest BCUT2D eigenvalue weighted by molar-refractivity contribution is 1.18. The van der Waals surface area contributed by atoms with E-state index in [-0.39, 0.29) is 5.56 Å². The van der Waals surface area contributed by atoms with Gasteiger partial charge in [0.15, 0.2) is 0 Å². The summed E-state index contributed by atoms with van der Waals surface area (Å²) in [6.07, 6.45) is 4.58. The summed E-state index contributed by atoms with van der Waals surface area (Å²) in [5.41, 5.74) is 1.18. The Balaban J connectivity index is 2.70. The summed E-state index contributed by atoms with van der Waals surface area (Å²) in [7, 11) is 0. The third kappa shape index (κ3) is 0.882. The number of fused-ring (bicyclic) bond motifs is 3. The molecule has 0 fully saturated rings. The van der Waals surface area contributed by atoms with Crippen LogP contribution in [-0.4, -0.2) is 19.9 Å². The van der Waals surface area contributed by atoms with Crippen molar-refractivity contribution < 1.29 is 0 Å². The van der Waals surface area contributed by atoms with Gasteiger partial charge >= 0.3 is 0 Å². The Morgan fingerprint density at radius 2 is 2.00 bits per heavy atom. The maximum Gasteiger partial charge on any atom is 0.268 e. The first kappa shape index (κ1) is 7.57. The average Bonchev–Trinajstić information content (AvgIpc) is 2.59. The molecule has 0 spiro atoms. The number of nitrogens with one attached hydrogen (secondary N) is 1. The van der Waals surface area contributed by atoms with Crippen molar-refractivity contribution in [2.24, 2.45) is 0 Å². The van der Waals surface area contributed by atoms with Crippen molar-refractivity contribution in [3.8, 4) is 0 Å². The van der Waals surface area contributed by atoms with Crippen molar-refractivity contribution in [1.29, 1.82) is 0 Å². The minimum absolute atomic E-state index is 0.139. The molecule has 0 aliphatic carbocycles. The van der Waals surface area contributed by atoms with Gasteiger partial charge in [0.2, 0.25) is 0 Å². The summed E-state index contributed by atoms with van der Waals surface area (Å²) in [5.74, 6) is 0. The van der Waals surface area contributed by atoms with E-state index in [1.807, 2.05) is 0 Å². The number of thiophene rings is 1. The Hall–Kier alpha value is -1.82. The summed E-state index contributed by atoms with van der Waals surface area (Å²) in [6, 6.07) is 0. The van der Waals surface area contributed by atoms with Crippen LogP contribution in [0.1, 0.15) is 0 Å². The van der Waals surface area contributed by atoms with E-state index in [4.69, 9.17) is 0 Å². The largest absolute Gasteiger partial charge is 0.312 e. The molecule has 0 saturated heterocycles. The van der Waals surface area contributed by atoms with Gasteiger partial charge in [0.1, 0.15) is 20.6 Å². The first-order valence-corrected chi connectivity index (χ1v) is 4.75. The molecule has 6 heteroatoms. The van der Waals surface area contributed by atoms with Gasteiger partial charge in [-0.3, -0.25) is 4.79 Å². The molecule has 0 bridgehead atoms. The monoisotopic (exact) mass is 204 g/mol. The zero-order valence-corrected chi connectivity index (χ0v) is 7.71. The van der Waals surface area contributed by atoms with E-state index < -0.39 is 0 Å². The topological polar surface area (TPSA) is 71.5 Å². The van der Waals surface area contributed by atoms with Gasteiger partial charge in [-0.15, -0.1) is 11.3 Å². The van der Waals surface area contributed by atoms with E-state index in [1.54, 1.807) is 12.4 Å². The number of hydrogen-bond acceptors (Lipinski definition) is 5.